The highest BCUT2D eigenvalue weighted by molar-refractivity contribution is 5.25. The first-order chi connectivity index (χ1) is 11.9. The van der Waals surface area contributed by atoms with Crippen LogP contribution >= 0.6 is 0 Å². The Morgan fingerprint density at radius 2 is 1.84 bits per heavy atom. The molecule has 0 atom stereocenters. The Morgan fingerprint density at radius 1 is 1.16 bits per heavy atom. The fourth-order valence-electron chi connectivity index (χ4n) is 3.33. The van der Waals surface area contributed by atoms with Crippen molar-refractivity contribution in [1.29, 1.82) is 0 Å². The van der Waals surface area contributed by atoms with Gasteiger partial charge in [0.15, 0.2) is 0 Å². The molecule has 1 N–H and O–H groups in total. The van der Waals surface area contributed by atoms with Gasteiger partial charge in [0.1, 0.15) is 5.82 Å². The summed E-state index contributed by atoms with van der Waals surface area (Å²) in [6, 6.07) is 8.87. The fraction of sp³-hybridized carbons (Fsp3) is 0.524. The van der Waals surface area contributed by atoms with Gasteiger partial charge in [-0.15, -0.1) is 0 Å². The monoisotopic (exact) mass is 339 g/mol. The van der Waals surface area contributed by atoms with Crippen molar-refractivity contribution in [2.75, 3.05) is 6.54 Å². The molecule has 0 amide bonds. The zero-order valence-corrected chi connectivity index (χ0v) is 15.9. The molecular weight excluding hydrogens is 310 g/mol. The van der Waals surface area contributed by atoms with E-state index >= 15 is 0 Å². The molecule has 1 aliphatic heterocycles. The number of aromatic amines is 1. The van der Waals surface area contributed by atoms with Crippen LogP contribution in [-0.2, 0) is 31.3 Å². The van der Waals surface area contributed by atoms with Gasteiger partial charge in [0.2, 0.25) is 0 Å². The number of nitrogens with zero attached hydrogens (tertiary/aromatic N) is 2. The number of aryl methyl sites for hydroxylation is 1. The third-order valence-corrected chi connectivity index (χ3v) is 4.83. The Balaban J connectivity index is 1.74. The highest BCUT2D eigenvalue weighted by Crippen LogP contribution is 2.21. The molecule has 2 heterocycles. The molecule has 2 aromatic rings. The third kappa shape index (κ3) is 4.18. The first-order valence-electron chi connectivity index (χ1n) is 9.29. The summed E-state index contributed by atoms with van der Waals surface area (Å²) in [7, 11) is 0. The molecule has 1 aliphatic rings. The Hall–Kier alpha value is -1.94. The van der Waals surface area contributed by atoms with E-state index in [1.807, 2.05) is 0 Å². The molecule has 3 rings (SSSR count). The van der Waals surface area contributed by atoms with Crippen LogP contribution < -0.4 is 5.56 Å². The summed E-state index contributed by atoms with van der Waals surface area (Å²) in [6.07, 6.45) is 3.15. The number of hydrogen-bond donors (Lipinski definition) is 1. The maximum Gasteiger partial charge on any atom is 0.255 e. The van der Waals surface area contributed by atoms with Crippen molar-refractivity contribution in [2.45, 2.75) is 65.5 Å². The molecule has 4 heteroatoms. The standard InChI is InChI=1S/C21H29N3O/c1-5-6-15-7-9-16(10-8-15)13-24-12-11-18-17(14-24)19(25)23-20(22-18)21(2,3)4/h7-10H,5-6,11-14H2,1-4H3,(H,22,23,25). The van der Waals surface area contributed by atoms with E-state index in [-0.39, 0.29) is 11.0 Å². The second kappa shape index (κ2) is 7.12. The van der Waals surface area contributed by atoms with Crippen LogP contribution in [0.3, 0.4) is 0 Å². The number of aromatic nitrogens is 2. The Morgan fingerprint density at radius 3 is 2.48 bits per heavy atom. The summed E-state index contributed by atoms with van der Waals surface area (Å²) in [5, 5.41) is 0. The largest absolute Gasteiger partial charge is 0.310 e. The summed E-state index contributed by atoms with van der Waals surface area (Å²) < 4.78 is 0. The van der Waals surface area contributed by atoms with Crippen LogP contribution in [0.15, 0.2) is 29.1 Å². The lowest BCUT2D eigenvalue weighted by Crippen LogP contribution is -2.37. The minimum atomic E-state index is -0.133. The van der Waals surface area contributed by atoms with Crippen LogP contribution in [0, 0.1) is 0 Å². The molecule has 134 valence electrons. The lowest BCUT2D eigenvalue weighted by molar-refractivity contribution is 0.241. The van der Waals surface area contributed by atoms with Gasteiger partial charge in [-0.25, -0.2) is 4.98 Å². The van der Waals surface area contributed by atoms with Crippen molar-refractivity contribution in [3.05, 3.63) is 62.8 Å². The molecule has 4 nitrogen and oxygen atoms in total. The van der Waals surface area contributed by atoms with Crippen LogP contribution in [0.5, 0.6) is 0 Å². The van der Waals surface area contributed by atoms with Crippen LogP contribution in [0.25, 0.3) is 0 Å². The van der Waals surface area contributed by atoms with E-state index < -0.39 is 0 Å². The maximum atomic E-state index is 12.5. The number of nitrogens with one attached hydrogen (secondary N) is 1. The predicted molar refractivity (Wildman–Crippen MR) is 102 cm³/mol. The topological polar surface area (TPSA) is 49.0 Å². The van der Waals surface area contributed by atoms with E-state index in [4.69, 9.17) is 4.98 Å². The Kier molecular flexibility index (Phi) is 5.09. The average Bonchev–Trinajstić information content (AvgIpc) is 2.56. The van der Waals surface area contributed by atoms with Gasteiger partial charge >= 0.3 is 0 Å². The second-order valence-electron chi connectivity index (χ2n) is 8.12. The Labute approximate surface area is 150 Å². The van der Waals surface area contributed by atoms with Gasteiger partial charge in [0.25, 0.3) is 5.56 Å². The predicted octanol–water partition coefficient (Wildman–Crippen LogP) is 3.58. The van der Waals surface area contributed by atoms with Gasteiger partial charge < -0.3 is 4.98 Å². The summed E-state index contributed by atoms with van der Waals surface area (Å²) in [5.41, 5.74) is 4.40. The second-order valence-corrected chi connectivity index (χ2v) is 8.12. The number of H-pyrrole nitrogens is 1. The van der Waals surface area contributed by atoms with E-state index in [9.17, 15) is 4.79 Å². The average molecular weight is 339 g/mol. The number of fused-ring (bicyclic) bond motifs is 1. The third-order valence-electron chi connectivity index (χ3n) is 4.83. The summed E-state index contributed by atoms with van der Waals surface area (Å²) in [6.45, 7) is 10.9. The molecule has 0 radical (unpaired) electrons. The first-order valence-corrected chi connectivity index (χ1v) is 9.29. The van der Waals surface area contributed by atoms with Crippen molar-refractivity contribution in [2.24, 2.45) is 0 Å². The molecule has 0 fully saturated rings. The normalized spacial score (nSPS) is 15.2. The van der Waals surface area contributed by atoms with Crippen molar-refractivity contribution in [3.63, 3.8) is 0 Å². The van der Waals surface area contributed by atoms with Gasteiger partial charge in [-0.2, -0.15) is 0 Å². The van der Waals surface area contributed by atoms with Gasteiger partial charge in [0, 0.05) is 31.5 Å². The van der Waals surface area contributed by atoms with Crippen LogP contribution in [0.1, 0.15) is 62.3 Å². The van der Waals surface area contributed by atoms with Crippen molar-refractivity contribution in [1.82, 2.24) is 14.9 Å². The molecule has 0 aliphatic carbocycles. The highest BCUT2D eigenvalue weighted by atomic mass is 16.1. The van der Waals surface area contributed by atoms with Crippen LogP contribution in [-0.4, -0.2) is 21.4 Å². The van der Waals surface area contributed by atoms with Crippen LogP contribution in [0.4, 0.5) is 0 Å². The van der Waals surface area contributed by atoms with Gasteiger partial charge in [-0.05, 0) is 17.5 Å². The van der Waals surface area contributed by atoms with Gasteiger partial charge in [-0.3, -0.25) is 9.69 Å². The molecule has 1 aromatic heterocycles. The molecule has 25 heavy (non-hydrogen) atoms. The molecule has 0 unspecified atom stereocenters. The smallest absolute Gasteiger partial charge is 0.255 e. The van der Waals surface area contributed by atoms with Crippen molar-refractivity contribution in [3.8, 4) is 0 Å². The lowest BCUT2D eigenvalue weighted by Gasteiger charge is -2.29. The summed E-state index contributed by atoms with van der Waals surface area (Å²) in [4.78, 5) is 22.6. The molecule has 0 spiro atoms. The maximum absolute atomic E-state index is 12.5. The van der Waals surface area contributed by atoms with E-state index in [0.717, 1.165) is 43.0 Å². The van der Waals surface area contributed by atoms with E-state index in [1.165, 1.54) is 17.5 Å². The summed E-state index contributed by atoms with van der Waals surface area (Å²) in [5.74, 6) is 0.788. The van der Waals surface area contributed by atoms with E-state index in [1.54, 1.807) is 0 Å². The van der Waals surface area contributed by atoms with E-state index in [0.29, 0.717) is 6.54 Å². The molecule has 0 saturated carbocycles. The van der Waals surface area contributed by atoms with Crippen molar-refractivity contribution >= 4 is 0 Å². The number of benzene rings is 1. The van der Waals surface area contributed by atoms with Gasteiger partial charge in [-0.1, -0.05) is 58.4 Å². The summed E-state index contributed by atoms with van der Waals surface area (Å²) >= 11 is 0. The minimum Gasteiger partial charge on any atom is -0.310 e. The quantitative estimate of drug-likeness (QED) is 0.926. The zero-order valence-electron chi connectivity index (χ0n) is 15.9. The van der Waals surface area contributed by atoms with Crippen molar-refractivity contribution < 1.29 is 0 Å². The molecule has 0 saturated heterocycles. The van der Waals surface area contributed by atoms with Gasteiger partial charge in [0.05, 0.1) is 11.3 Å². The minimum absolute atomic E-state index is 0.0259. The molecule has 0 bridgehead atoms. The SMILES string of the molecule is CCCc1ccc(CN2CCc3nc(C(C)(C)C)[nH]c(=O)c3C2)cc1. The van der Waals surface area contributed by atoms with E-state index in [2.05, 4.69) is 61.8 Å². The first kappa shape index (κ1) is 17.9. The van der Waals surface area contributed by atoms with Crippen LogP contribution in [0.2, 0.25) is 0 Å². The number of rotatable bonds is 4. The highest BCUT2D eigenvalue weighted by Gasteiger charge is 2.24. The lowest BCUT2D eigenvalue weighted by atomic mass is 9.95. The molecule has 1 aromatic carbocycles. The number of hydrogen-bond acceptors (Lipinski definition) is 3. The molecular formula is C21H29N3O. The zero-order chi connectivity index (χ0) is 18.0. The fourth-order valence-corrected chi connectivity index (χ4v) is 3.33. The Bertz CT molecular complexity index is 784.